The zero-order chi connectivity index (χ0) is 18.3. The van der Waals surface area contributed by atoms with E-state index >= 15 is 0 Å². The summed E-state index contributed by atoms with van der Waals surface area (Å²) in [6.07, 6.45) is -1.80. The van der Waals surface area contributed by atoms with Gasteiger partial charge in [-0.3, -0.25) is 4.79 Å². The summed E-state index contributed by atoms with van der Waals surface area (Å²) in [5.41, 5.74) is -0.0235. The van der Waals surface area contributed by atoms with E-state index in [1.54, 1.807) is 31.4 Å². The van der Waals surface area contributed by atoms with Crippen LogP contribution in [0.5, 0.6) is 5.75 Å². The van der Waals surface area contributed by atoms with Crippen LogP contribution in [0.4, 0.5) is 13.2 Å². The molecule has 0 saturated carbocycles. The van der Waals surface area contributed by atoms with E-state index in [9.17, 15) is 18.0 Å². The molecule has 0 radical (unpaired) electrons. The Labute approximate surface area is 143 Å². The average Bonchev–Trinajstić information content (AvgIpc) is 2.60. The molecule has 6 heteroatoms. The van der Waals surface area contributed by atoms with E-state index < -0.39 is 11.7 Å². The number of carbonyl (C=O) groups excluding carboxylic acids is 1. The van der Waals surface area contributed by atoms with Crippen LogP contribution in [0.15, 0.2) is 54.6 Å². The van der Waals surface area contributed by atoms with Crippen molar-refractivity contribution in [3.63, 3.8) is 0 Å². The number of alkyl halides is 3. The summed E-state index contributed by atoms with van der Waals surface area (Å²) >= 11 is 0. The number of halogens is 3. The van der Waals surface area contributed by atoms with Crippen molar-refractivity contribution in [2.24, 2.45) is 0 Å². The third kappa shape index (κ3) is 5.76. The molecule has 0 heterocycles. The number of ketones is 1. The maximum atomic E-state index is 12.7. The summed E-state index contributed by atoms with van der Waals surface area (Å²) in [5, 5.41) is 0. The number of allylic oxidation sites excluding steroid dienone is 1. The van der Waals surface area contributed by atoms with Gasteiger partial charge in [0.1, 0.15) is 12.4 Å². The van der Waals surface area contributed by atoms with Crippen molar-refractivity contribution in [1.82, 2.24) is 0 Å². The van der Waals surface area contributed by atoms with Crippen LogP contribution in [0.2, 0.25) is 0 Å². The Morgan fingerprint density at radius 1 is 1.08 bits per heavy atom. The molecule has 0 unspecified atom stereocenters. The van der Waals surface area contributed by atoms with Gasteiger partial charge in [0.25, 0.3) is 0 Å². The van der Waals surface area contributed by atoms with Gasteiger partial charge in [-0.2, -0.15) is 13.2 Å². The van der Waals surface area contributed by atoms with Crippen LogP contribution in [0.25, 0.3) is 6.08 Å². The Bertz CT molecular complexity index is 734. The predicted octanol–water partition coefficient (Wildman–Crippen LogP) is 4.63. The van der Waals surface area contributed by atoms with E-state index in [0.29, 0.717) is 30.1 Å². The molecule has 0 saturated heterocycles. The van der Waals surface area contributed by atoms with E-state index in [2.05, 4.69) is 0 Å². The molecule has 25 heavy (non-hydrogen) atoms. The SMILES string of the molecule is COCCOc1ccc(C(=O)/C=C/c2cccc(C(F)(F)F)c2)cc1. The molecule has 0 aromatic heterocycles. The molecule has 3 nitrogen and oxygen atoms in total. The largest absolute Gasteiger partial charge is 0.491 e. The number of benzene rings is 2. The van der Waals surface area contributed by atoms with Gasteiger partial charge in [-0.05, 0) is 48.0 Å². The van der Waals surface area contributed by atoms with Crippen LogP contribution < -0.4 is 4.74 Å². The molecule has 0 fully saturated rings. The van der Waals surface area contributed by atoms with Gasteiger partial charge in [-0.1, -0.05) is 18.2 Å². The molecule has 2 rings (SSSR count). The Hall–Kier alpha value is -2.60. The number of ether oxygens (including phenoxy) is 2. The maximum absolute atomic E-state index is 12.7. The lowest BCUT2D eigenvalue weighted by Crippen LogP contribution is -2.04. The molecule has 0 aliphatic rings. The smallest absolute Gasteiger partial charge is 0.416 e. The standard InChI is InChI=1S/C19H17F3O3/c1-24-11-12-25-17-8-6-15(7-9-17)18(23)10-5-14-3-2-4-16(13-14)19(20,21)22/h2-10,13H,11-12H2,1H3/b10-5+. The number of methoxy groups -OCH3 is 1. The third-order valence-electron chi connectivity index (χ3n) is 3.34. The molecule has 132 valence electrons. The third-order valence-corrected chi connectivity index (χ3v) is 3.34. The van der Waals surface area contributed by atoms with E-state index in [1.807, 2.05) is 0 Å². The molecule has 2 aromatic carbocycles. The normalized spacial score (nSPS) is 11.7. The summed E-state index contributed by atoms with van der Waals surface area (Å²) in [6, 6.07) is 11.3. The highest BCUT2D eigenvalue weighted by Crippen LogP contribution is 2.29. The molecule has 0 atom stereocenters. The highest BCUT2D eigenvalue weighted by atomic mass is 19.4. The highest BCUT2D eigenvalue weighted by molar-refractivity contribution is 6.06. The van der Waals surface area contributed by atoms with Gasteiger partial charge in [0.05, 0.1) is 12.2 Å². The number of rotatable bonds is 7. The minimum Gasteiger partial charge on any atom is -0.491 e. The molecular formula is C19H17F3O3. The van der Waals surface area contributed by atoms with Gasteiger partial charge in [-0.15, -0.1) is 0 Å². The highest BCUT2D eigenvalue weighted by Gasteiger charge is 2.30. The van der Waals surface area contributed by atoms with Crippen LogP contribution >= 0.6 is 0 Å². The van der Waals surface area contributed by atoms with Gasteiger partial charge in [0.15, 0.2) is 5.78 Å². The lowest BCUT2D eigenvalue weighted by atomic mass is 10.1. The van der Waals surface area contributed by atoms with Crippen molar-refractivity contribution in [1.29, 1.82) is 0 Å². The fraction of sp³-hybridized carbons (Fsp3) is 0.211. The van der Waals surface area contributed by atoms with Crippen molar-refractivity contribution >= 4 is 11.9 Å². The number of hydrogen-bond donors (Lipinski definition) is 0. The van der Waals surface area contributed by atoms with Crippen molar-refractivity contribution in [3.8, 4) is 5.75 Å². The second-order valence-corrected chi connectivity index (χ2v) is 5.19. The van der Waals surface area contributed by atoms with Crippen LogP contribution in [-0.2, 0) is 10.9 Å². The molecule has 2 aromatic rings. The summed E-state index contributed by atoms with van der Waals surface area (Å²) in [4.78, 5) is 12.1. The van der Waals surface area contributed by atoms with Gasteiger partial charge >= 0.3 is 6.18 Å². The summed E-state index contributed by atoms with van der Waals surface area (Å²) in [5.74, 6) is 0.302. The minimum atomic E-state index is -4.41. The molecule has 0 aliphatic carbocycles. The topological polar surface area (TPSA) is 35.5 Å². The summed E-state index contributed by atoms with van der Waals surface area (Å²) in [7, 11) is 1.57. The van der Waals surface area contributed by atoms with Crippen molar-refractivity contribution in [3.05, 3.63) is 71.3 Å². The average molecular weight is 350 g/mol. The quantitative estimate of drug-likeness (QED) is 0.415. The van der Waals surface area contributed by atoms with Gasteiger partial charge < -0.3 is 9.47 Å². The summed E-state index contributed by atoms with van der Waals surface area (Å²) in [6.45, 7) is 0.861. The van der Waals surface area contributed by atoms with Gasteiger partial charge in [0.2, 0.25) is 0 Å². The van der Waals surface area contributed by atoms with E-state index in [-0.39, 0.29) is 5.78 Å². The second-order valence-electron chi connectivity index (χ2n) is 5.19. The number of hydrogen-bond acceptors (Lipinski definition) is 3. The lowest BCUT2D eigenvalue weighted by Gasteiger charge is -2.06. The Morgan fingerprint density at radius 2 is 1.80 bits per heavy atom. The zero-order valence-electron chi connectivity index (χ0n) is 13.5. The predicted molar refractivity (Wildman–Crippen MR) is 88.6 cm³/mol. The molecule has 0 spiro atoms. The zero-order valence-corrected chi connectivity index (χ0v) is 13.5. The fourth-order valence-corrected chi connectivity index (χ4v) is 2.05. The minimum absolute atomic E-state index is 0.305. The van der Waals surface area contributed by atoms with Crippen molar-refractivity contribution in [2.75, 3.05) is 20.3 Å². The first-order valence-electron chi connectivity index (χ1n) is 7.51. The van der Waals surface area contributed by atoms with Crippen LogP contribution in [0, 0.1) is 0 Å². The molecule has 0 bridgehead atoms. The second kappa shape index (κ2) is 8.48. The van der Waals surface area contributed by atoms with Gasteiger partial charge in [-0.25, -0.2) is 0 Å². The Morgan fingerprint density at radius 3 is 2.44 bits per heavy atom. The fourth-order valence-electron chi connectivity index (χ4n) is 2.05. The molecule has 0 amide bonds. The number of carbonyl (C=O) groups is 1. The molecular weight excluding hydrogens is 333 g/mol. The maximum Gasteiger partial charge on any atom is 0.416 e. The Balaban J connectivity index is 2.03. The molecule has 0 aliphatic heterocycles. The van der Waals surface area contributed by atoms with E-state index in [1.165, 1.54) is 24.3 Å². The lowest BCUT2D eigenvalue weighted by molar-refractivity contribution is -0.137. The first kappa shape index (κ1) is 18.7. The van der Waals surface area contributed by atoms with Crippen LogP contribution in [-0.4, -0.2) is 26.1 Å². The van der Waals surface area contributed by atoms with Crippen LogP contribution in [0.3, 0.4) is 0 Å². The Kier molecular flexibility index (Phi) is 6.36. The van der Waals surface area contributed by atoms with E-state index in [4.69, 9.17) is 9.47 Å². The van der Waals surface area contributed by atoms with Crippen LogP contribution in [0.1, 0.15) is 21.5 Å². The summed E-state index contributed by atoms with van der Waals surface area (Å²) < 4.78 is 48.3. The first-order valence-corrected chi connectivity index (χ1v) is 7.51. The van der Waals surface area contributed by atoms with Crippen molar-refractivity contribution < 1.29 is 27.4 Å². The van der Waals surface area contributed by atoms with Gasteiger partial charge in [0, 0.05) is 12.7 Å². The molecule has 0 N–H and O–H groups in total. The van der Waals surface area contributed by atoms with E-state index in [0.717, 1.165) is 12.1 Å². The van der Waals surface area contributed by atoms with Crippen molar-refractivity contribution in [2.45, 2.75) is 6.18 Å². The monoisotopic (exact) mass is 350 g/mol. The first-order chi connectivity index (χ1) is 11.9.